The van der Waals surface area contributed by atoms with Crippen LogP contribution in [0.15, 0.2) is 11.6 Å². The van der Waals surface area contributed by atoms with Gasteiger partial charge in [-0.25, -0.2) is 4.98 Å². The first-order valence-electron chi connectivity index (χ1n) is 6.57. The average molecular weight is 251 g/mol. The van der Waals surface area contributed by atoms with Crippen molar-refractivity contribution in [3.63, 3.8) is 0 Å². The lowest BCUT2D eigenvalue weighted by Gasteiger charge is -2.44. The molecule has 1 aliphatic carbocycles. The number of rotatable bonds is 3. The molecule has 0 amide bonds. The van der Waals surface area contributed by atoms with Crippen molar-refractivity contribution in [2.45, 2.75) is 38.3 Å². The lowest BCUT2D eigenvalue weighted by molar-refractivity contribution is 0.0945. The van der Waals surface area contributed by atoms with Gasteiger partial charge in [0.15, 0.2) is 0 Å². The van der Waals surface area contributed by atoms with Gasteiger partial charge in [-0.15, -0.1) is 11.3 Å². The third-order valence-electron chi connectivity index (χ3n) is 4.29. The molecule has 94 valence electrons. The van der Waals surface area contributed by atoms with Gasteiger partial charge in [0.1, 0.15) is 5.01 Å². The summed E-state index contributed by atoms with van der Waals surface area (Å²) >= 11 is 1.78. The molecule has 1 aromatic rings. The Morgan fingerprint density at radius 3 is 3.06 bits per heavy atom. The first kappa shape index (κ1) is 11.6. The zero-order valence-electron chi connectivity index (χ0n) is 10.6. The molecule has 4 heteroatoms. The number of piperazine rings is 1. The van der Waals surface area contributed by atoms with Crippen LogP contribution in [-0.4, -0.2) is 35.1 Å². The highest BCUT2D eigenvalue weighted by Gasteiger charge is 2.44. The Morgan fingerprint density at radius 2 is 2.41 bits per heavy atom. The second-order valence-electron chi connectivity index (χ2n) is 5.64. The molecule has 0 aromatic carbocycles. The van der Waals surface area contributed by atoms with Crippen LogP contribution < -0.4 is 5.32 Å². The SMILES string of the molecule is CC(c1nccs1)N1CCNC(C)(C2CC2)C1. The van der Waals surface area contributed by atoms with Crippen molar-refractivity contribution in [3.8, 4) is 0 Å². The molecule has 2 heterocycles. The van der Waals surface area contributed by atoms with Gasteiger partial charge in [0.25, 0.3) is 0 Å². The summed E-state index contributed by atoms with van der Waals surface area (Å²) in [6.45, 7) is 8.10. The Labute approximate surface area is 107 Å². The van der Waals surface area contributed by atoms with Gasteiger partial charge in [-0.1, -0.05) is 0 Å². The molecule has 3 nitrogen and oxygen atoms in total. The zero-order chi connectivity index (χ0) is 11.9. The van der Waals surface area contributed by atoms with E-state index in [0.717, 1.165) is 19.0 Å². The Kier molecular flexibility index (Phi) is 2.97. The second kappa shape index (κ2) is 4.34. The van der Waals surface area contributed by atoms with Gasteiger partial charge in [-0.05, 0) is 32.6 Å². The van der Waals surface area contributed by atoms with Crippen LogP contribution in [0.4, 0.5) is 0 Å². The Balaban J connectivity index is 1.71. The Morgan fingerprint density at radius 1 is 1.59 bits per heavy atom. The van der Waals surface area contributed by atoms with Crippen LogP contribution in [0.1, 0.15) is 37.7 Å². The van der Waals surface area contributed by atoms with Crippen molar-refractivity contribution in [2.75, 3.05) is 19.6 Å². The van der Waals surface area contributed by atoms with Crippen molar-refractivity contribution < 1.29 is 0 Å². The second-order valence-corrected chi connectivity index (χ2v) is 6.56. The predicted molar refractivity (Wildman–Crippen MR) is 71.2 cm³/mol. The molecule has 1 aromatic heterocycles. The highest BCUT2D eigenvalue weighted by Crippen LogP contribution is 2.41. The number of nitrogens with zero attached hydrogens (tertiary/aromatic N) is 2. The summed E-state index contributed by atoms with van der Waals surface area (Å²) in [5.74, 6) is 0.897. The van der Waals surface area contributed by atoms with Crippen molar-refractivity contribution in [1.82, 2.24) is 15.2 Å². The third kappa shape index (κ3) is 2.26. The summed E-state index contributed by atoms with van der Waals surface area (Å²) in [5.41, 5.74) is 0.337. The molecule has 2 aliphatic rings. The van der Waals surface area contributed by atoms with Crippen LogP contribution in [-0.2, 0) is 0 Å². The van der Waals surface area contributed by atoms with E-state index in [1.165, 1.54) is 24.4 Å². The topological polar surface area (TPSA) is 28.2 Å². The largest absolute Gasteiger partial charge is 0.309 e. The van der Waals surface area contributed by atoms with E-state index in [2.05, 4.69) is 34.4 Å². The number of nitrogens with one attached hydrogen (secondary N) is 1. The molecular formula is C13H21N3S. The van der Waals surface area contributed by atoms with Crippen LogP contribution in [0.2, 0.25) is 0 Å². The maximum atomic E-state index is 4.46. The smallest absolute Gasteiger partial charge is 0.109 e. The summed E-state index contributed by atoms with van der Waals surface area (Å²) in [6.07, 6.45) is 4.73. The number of aromatic nitrogens is 1. The minimum absolute atomic E-state index is 0.337. The Bertz CT molecular complexity index is 374. The molecule has 2 unspecified atom stereocenters. The number of hydrogen-bond donors (Lipinski definition) is 1. The molecule has 17 heavy (non-hydrogen) atoms. The minimum Gasteiger partial charge on any atom is -0.309 e. The van der Waals surface area contributed by atoms with E-state index >= 15 is 0 Å². The van der Waals surface area contributed by atoms with E-state index in [1.54, 1.807) is 11.3 Å². The van der Waals surface area contributed by atoms with E-state index < -0.39 is 0 Å². The average Bonchev–Trinajstić information content (AvgIpc) is 3.06. The lowest BCUT2D eigenvalue weighted by Crippen LogP contribution is -2.60. The van der Waals surface area contributed by atoms with Gasteiger partial charge in [0, 0.05) is 36.8 Å². The molecule has 1 saturated heterocycles. The molecule has 2 fully saturated rings. The Hall–Kier alpha value is -0.450. The number of thiazole rings is 1. The van der Waals surface area contributed by atoms with E-state index in [-0.39, 0.29) is 0 Å². The summed E-state index contributed by atoms with van der Waals surface area (Å²) in [4.78, 5) is 7.05. The lowest BCUT2D eigenvalue weighted by atomic mass is 9.92. The van der Waals surface area contributed by atoms with Crippen molar-refractivity contribution >= 4 is 11.3 Å². The quantitative estimate of drug-likeness (QED) is 0.893. The summed E-state index contributed by atoms with van der Waals surface area (Å²) in [7, 11) is 0. The van der Waals surface area contributed by atoms with E-state index in [1.807, 2.05) is 6.20 Å². The fraction of sp³-hybridized carbons (Fsp3) is 0.769. The molecule has 1 N–H and O–H groups in total. The first-order valence-corrected chi connectivity index (χ1v) is 7.45. The molecule has 0 bridgehead atoms. The van der Waals surface area contributed by atoms with Crippen LogP contribution in [0.3, 0.4) is 0 Å². The van der Waals surface area contributed by atoms with Crippen molar-refractivity contribution in [1.29, 1.82) is 0 Å². The third-order valence-corrected chi connectivity index (χ3v) is 5.24. The molecular weight excluding hydrogens is 230 g/mol. The highest BCUT2D eigenvalue weighted by atomic mass is 32.1. The van der Waals surface area contributed by atoms with Gasteiger partial charge < -0.3 is 5.32 Å². The maximum Gasteiger partial charge on any atom is 0.109 e. The standard InChI is InChI=1S/C13H21N3S/c1-10(12-14-6-8-17-12)16-7-5-15-13(2,9-16)11-3-4-11/h6,8,10-11,15H,3-5,7,9H2,1-2H3. The van der Waals surface area contributed by atoms with Gasteiger partial charge in [-0.2, -0.15) is 0 Å². The zero-order valence-corrected chi connectivity index (χ0v) is 11.5. The van der Waals surface area contributed by atoms with Gasteiger partial charge in [-0.3, -0.25) is 4.90 Å². The van der Waals surface area contributed by atoms with Gasteiger partial charge >= 0.3 is 0 Å². The van der Waals surface area contributed by atoms with Crippen LogP contribution >= 0.6 is 11.3 Å². The predicted octanol–water partition coefficient (Wildman–Crippen LogP) is 2.28. The molecule has 0 spiro atoms. The van der Waals surface area contributed by atoms with E-state index in [9.17, 15) is 0 Å². The number of hydrogen-bond acceptors (Lipinski definition) is 4. The molecule has 3 rings (SSSR count). The monoisotopic (exact) mass is 251 g/mol. The first-order chi connectivity index (χ1) is 8.19. The van der Waals surface area contributed by atoms with Gasteiger partial charge in [0.05, 0.1) is 6.04 Å². The summed E-state index contributed by atoms with van der Waals surface area (Å²) in [6, 6.07) is 0.468. The highest BCUT2D eigenvalue weighted by molar-refractivity contribution is 7.09. The normalized spacial score (nSPS) is 32.6. The van der Waals surface area contributed by atoms with Crippen molar-refractivity contribution in [3.05, 3.63) is 16.6 Å². The van der Waals surface area contributed by atoms with Crippen LogP contribution in [0.25, 0.3) is 0 Å². The minimum atomic E-state index is 0.337. The molecule has 1 aliphatic heterocycles. The van der Waals surface area contributed by atoms with Crippen LogP contribution in [0, 0.1) is 5.92 Å². The molecule has 0 radical (unpaired) electrons. The molecule has 1 saturated carbocycles. The van der Waals surface area contributed by atoms with Gasteiger partial charge in [0.2, 0.25) is 0 Å². The van der Waals surface area contributed by atoms with Crippen molar-refractivity contribution in [2.24, 2.45) is 5.92 Å². The van der Waals surface area contributed by atoms with Crippen LogP contribution in [0.5, 0.6) is 0 Å². The van der Waals surface area contributed by atoms with E-state index in [4.69, 9.17) is 0 Å². The summed E-state index contributed by atoms with van der Waals surface area (Å²) in [5, 5.41) is 7.06. The fourth-order valence-corrected chi connectivity index (χ4v) is 3.69. The maximum absolute atomic E-state index is 4.46. The summed E-state index contributed by atoms with van der Waals surface area (Å²) < 4.78 is 0. The van der Waals surface area contributed by atoms with E-state index in [0.29, 0.717) is 11.6 Å². The fourth-order valence-electron chi connectivity index (χ4n) is 2.96. The molecule has 2 atom stereocenters.